The lowest BCUT2D eigenvalue weighted by molar-refractivity contribution is 1.53. The Kier molecular flexibility index (Phi) is 2.75. The molecule has 21 heavy (non-hydrogen) atoms. The highest BCUT2D eigenvalue weighted by atomic mass is 14.1. The molecule has 0 N–H and O–H groups in total. The molecule has 0 bridgehead atoms. The summed E-state index contributed by atoms with van der Waals surface area (Å²) in [4.78, 5) is 0. The third kappa shape index (κ3) is 1.84. The van der Waals surface area contributed by atoms with E-state index >= 15 is 0 Å². The zero-order valence-corrected chi connectivity index (χ0v) is 12.0. The van der Waals surface area contributed by atoms with Gasteiger partial charge in [-0.1, -0.05) is 78.9 Å². The Morgan fingerprint density at radius 2 is 0.952 bits per heavy atom. The van der Waals surface area contributed by atoms with E-state index in [-0.39, 0.29) is 0 Å². The Labute approximate surface area is 124 Å². The minimum absolute atomic E-state index is 1.29. The highest BCUT2D eigenvalue weighted by molar-refractivity contribution is 6.15. The number of hydrogen-bond acceptors (Lipinski definition) is 0. The van der Waals surface area contributed by atoms with E-state index in [9.17, 15) is 0 Å². The predicted molar refractivity (Wildman–Crippen MR) is 91.6 cm³/mol. The van der Waals surface area contributed by atoms with Crippen molar-refractivity contribution in [2.75, 3.05) is 0 Å². The van der Waals surface area contributed by atoms with E-state index in [1.807, 2.05) is 0 Å². The van der Waals surface area contributed by atoms with E-state index in [1.54, 1.807) is 0 Å². The lowest BCUT2D eigenvalue weighted by Gasteiger charge is -2.15. The van der Waals surface area contributed by atoms with Crippen LogP contribution in [0.25, 0.3) is 32.7 Å². The highest BCUT2D eigenvalue weighted by Crippen LogP contribution is 2.38. The van der Waals surface area contributed by atoms with Crippen LogP contribution in [0.4, 0.5) is 0 Å². The van der Waals surface area contributed by atoms with Gasteiger partial charge in [-0.3, -0.25) is 0 Å². The minimum Gasteiger partial charge on any atom is -0.0622 e. The van der Waals surface area contributed by atoms with Crippen LogP contribution < -0.4 is 0 Å². The summed E-state index contributed by atoms with van der Waals surface area (Å²) in [6.07, 6.45) is 0. The summed E-state index contributed by atoms with van der Waals surface area (Å²) < 4.78 is 0. The lowest BCUT2D eigenvalue weighted by atomic mass is 9.89. The van der Waals surface area contributed by atoms with Gasteiger partial charge in [-0.25, -0.2) is 0 Å². The van der Waals surface area contributed by atoms with Gasteiger partial charge in [0.2, 0.25) is 0 Å². The molecule has 0 heteroatoms. The summed E-state index contributed by atoms with van der Waals surface area (Å²) >= 11 is 0. The first-order valence-electron chi connectivity index (χ1n) is 7.32. The fourth-order valence-corrected chi connectivity index (χ4v) is 3.29. The molecule has 0 saturated heterocycles. The molecular formula is C21H16. The SMILES string of the molecule is Cc1c(-c2ccccc2)c2ccccc2c2ccccc12. The molecular weight excluding hydrogens is 252 g/mol. The molecule has 100 valence electrons. The first kappa shape index (κ1) is 12.2. The topological polar surface area (TPSA) is 0 Å². The maximum atomic E-state index is 2.23. The number of hydrogen-bond donors (Lipinski definition) is 0. The summed E-state index contributed by atoms with van der Waals surface area (Å²) in [5, 5.41) is 5.35. The largest absolute Gasteiger partial charge is 0.0622 e. The molecule has 0 atom stereocenters. The van der Waals surface area contributed by atoms with Crippen LogP contribution in [0.2, 0.25) is 0 Å². The Morgan fingerprint density at radius 3 is 1.62 bits per heavy atom. The lowest BCUT2D eigenvalue weighted by Crippen LogP contribution is -1.89. The molecule has 0 unspecified atom stereocenters. The Hall–Kier alpha value is -2.60. The predicted octanol–water partition coefficient (Wildman–Crippen LogP) is 5.97. The standard InChI is InChI=1S/C21H16/c1-15-17-11-5-6-12-18(17)19-13-7-8-14-20(19)21(15)16-9-3-2-4-10-16/h2-14H,1H3. The Balaban J connectivity index is 2.26. The Morgan fingerprint density at radius 1 is 0.476 bits per heavy atom. The number of benzene rings is 4. The van der Waals surface area contributed by atoms with Crippen molar-refractivity contribution >= 4 is 21.5 Å². The van der Waals surface area contributed by atoms with Crippen LogP contribution in [-0.2, 0) is 0 Å². The van der Waals surface area contributed by atoms with Crippen molar-refractivity contribution in [2.45, 2.75) is 6.92 Å². The summed E-state index contributed by atoms with van der Waals surface area (Å²) in [5.41, 5.74) is 4.00. The van der Waals surface area contributed by atoms with Gasteiger partial charge >= 0.3 is 0 Å². The molecule has 0 saturated carbocycles. The van der Waals surface area contributed by atoms with Crippen molar-refractivity contribution < 1.29 is 0 Å². The summed E-state index contributed by atoms with van der Waals surface area (Å²) in [7, 11) is 0. The van der Waals surface area contributed by atoms with Crippen molar-refractivity contribution in [3.05, 3.63) is 84.4 Å². The first-order chi connectivity index (χ1) is 10.4. The first-order valence-corrected chi connectivity index (χ1v) is 7.32. The van der Waals surface area contributed by atoms with Crippen LogP contribution in [0.3, 0.4) is 0 Å². The average Bonchev–Trinajstić information content (AvgIpc) is 2.56. The molecule has 0 heterocycles. The van der Waals surface area contributed by atoms with Gasteiger partial charge in [-0.05, 0) is 45.2 Å². The number of rotatable bonds is 1. The van der Waals surface area contributed by atoms with Crippen LogP contribution in [-0.4, -0.2) is 0 Å². The van der Waals surface area contributed by atoms with Crippen LogP contribution in [0, 0.1) is 6.92 Å². The van der Waals surface area contributed by atoms with Crippen LogP contribution in [0.1, 0.15) is 5.56 Å². The third-order valence-electron chi connectivity index (χ3n) is 4.26. The van der Waals surface area contributed by atoms with Gasteiger partial charge in [-0.2, -0.15) is 0 Å². The van der Waals surface area contributed by atoms with Gasteiger partial charge in [0, 0.05) is 0 Å². The van der Waals surface area contributed by atoms with Gasteiger partial charge in [0.1, 0.15) is 0 Å². The number of fused-ring (bicyclic) bond motifs is 3. The monoisotopic (exact) mass is 268 g/mol. The van der Waals surface area contributed by atoms with Gasteiger partial charge < -0.3 is 0 Å². The quantitative estimate of drug-likeness (QED) is 0.373. The third-order valence-corrected chi connectivity index (χ3v) is 4.26. The highest BCUT2D eigenvalue weighted by Gasteiger charge is 2.11. The van der Waals surface area contributed by atoms with Crippen LogP contribution in [0.5, 0.6) is 0 Å². The molecule has 0 spiro atoms. The van der Waals surface area contributed by atoms with Gasteiger partial charge in [0.25, 0.3) is 0 Å². The molecule has 0 aliphatic rings. The van der Waals surface area contributed by atoms with E-state index < -0.39 is 0 Å². The van der Waals surface area contributed by atoms with Crippen molar-refractivity contribution in [2.24, 2.45) is 0 Å². The molecule has 0 aromatic heterocycles. The molecule has 0 fully saturated rings. The van der Waals surface area contributed by atoms with E-state index in [4.69, 9.17) is 0 Å². The maximum Gasteiger partial charge on any atom is -0.00697 e. The molecule has 4 aromatic rings. The smallest absolute Gasteiger partial charge is 0.00697 e. The Bertz CT molecular complexity index is 934. The molecule has 0 aliphatic carbocycles. The minimum atomic E-state index is 1.29. The normalized spacial score (nSPS) is 11.1. The molecule has 0 nitrogen and oxygen atoms in total. The van der Waals surface area contributed by atoms with E-state index in [2.05, 4.69) is 85.8 Å². The van der Waals surface area contributed by atoms with Crippen LogP contribution >= 0.6 is 0 Å². The van der Waals surface area contributed by atoms with Crippen molar-refractivity contribution in [3.8, 4) is 11.1 Å². The molecule has 0 radical (unpaired) electrons. The zero-order chi connectivity index (χ0) is 14.2. The average molecular weight is 268 g/mol. The molecule has 4 rings (SSSR count). The zero-order valence-electron chi connectivity index (χ0n) is 12.0. The molecule has 4 aromatic carbocycles. The van der Waals surface area contributed by atoms with Crippen molar-refractivity contribution in [3.63, 3.8) is 0 Å². The second-order valence-corrected chi connectivity index (χ2v) is 5.46. The molecule has 0 aliphatic heterocycles. The fraction of sp³-hybridized carbons (Fsp3) is 0.0476. The van der Waals surface area contributed by atoms with Gasteiger partial charge in [0.15, 0.2) is 0 Å². The van der Waals surface area contributed by atoms with E-state index in [1.165, 1.54) is 38.2 Å². The summed E-state index contributed by atoms with van der Waals surface area (Å²) in [6.45, 7) is 2.23. The molecule has 0 amide bonds. The van der Waals surface area contributed by atoms with E-state index in [0.29, 0.717) is 0 Å². The second-order valence-electron chi connectivity index (χ2n) is 5.46. The summed E-state index contributed by atoms with van der Waals surface area (Å²) in [5.74, 6) is 0. The van der Waals surface area contributed by atoms with Crippen LogP contribution in [0.15, 0.2) is 78.9 Å². The second kappa shape index (κ2) is 4.75. The van der Waals surface area contributed by atoms with Crippen molar-refractivity contribution in [1.29, 1.82) is 0 Å². The van der Waals surface area contributed by atoms with Gasteiger partial charge in [0.05, 0.1) is 0 Å². The number of aryl methyl sites for hydroxylation is 1. The van der Waals surface area contributed by atoms with E-state index in [0.717, 1.165) is 0 Å². The summed E-state index contributed by atoms with van der Waals surface area (Å²) in [6, 6.07) is 28.1. The van der Waals surface area contributed by atoms with Gasteiger partial charge in [-0.15, -0.1) is 0 Å². The van der Waals surface area contributed by atoms with Crippen molar-refractivity contribution in [1.82, 2.24) is 0 Å². The fourth-order valence-electron chi connectivity index (χ4n) is 3.29. The maximum absolute atomic E-state index is 2.23.